The van der Waals surface area contributed by atoms with Crippen LogP contribution in [-0.4, -0.2) is 30.9 Å². The second kappa shape index (κ2) is 9.05. The molecule has 1 N–H and O–H groups in total. The summed E-state index contributed by atoms with van der Waals surface area (Å²) in [7, 11) is 3.16. The number of ether oxygens (including phenoxy) is 2. The lowest BCUT2D eigenvalue weighted by Gasteiger charge is -2.08. The number of rotatable bonds is 8. The quantitative estimate of drug-likeness (QED) is 0.578. The van der Waals surface area contributed by atoms with Crippen LogP contribution in [0.25, 0.3) is 11.3 Å². The van der Waals surface area contributed by atoms with Crippen molar-refractivity contribution < 1.29 is 23.5 Å². The zero-order valence-corrected chi connectivity index (χ0v) is 16.5. The molecule has 0 unspecified atom stereocenters. The van der Waals surface area contributed by atoms with Gasteiger partial charge in [-0.25, -0.2) is 4.98 Å². The number of aryl methyl sites for hydroxylation is 1. The summed E-state index contributed by atoms with van der Waals surface area (Å²) in [6, 6.07) is 12.2. The van der Waals surface area contributed by atoms with Gasteiger partial charge in [0.15, 0.2) is 17.4 Å². The summed E-state index contributed by atoms with van der Waals surface area (Å²) in [6.45, 7) is 1.49. The normalized spacial score (nSPS) is 10.4. The molecule has 0 aliphatic carbocycles. The minimum absolute atomic E-state index is 0.0534. The average Bonchev–Trinajstić information content (AvgIpc) is 3.20. The molecule has 0 radical (unpaired) electrons. The Kier molecular flexibility index (Phi) is 6.29. The third-order valence-corrected chi connectivity index (χ3v) is 4.35. The van der Waals surface area contributed by atoms with Gasteiger partial charge in [-0.05, 0) is 31.2 Å². The van der Waals surface area contributed by atoms with Crippen molar-refractivity contribution in [1.82, 2.24) is 4.98 Å². The molecule has 0 saturated carbocycles. The van der Waals surface area contributed by atoms with Crippen molar-refractivity contribution >= 4 is 17.4 Å². The second-order valence-electron chi connectivity index (χ2n) is 6.37. The Bertz CT molecular complexity index is 1030. The van der Waals surface area contributed by atoms with Gasteiger partial charge in [0, 0.05) is 30.2 Å². The van der Waals surface area contributed by atoms with Crippen molar-refractivity contribution in [3.63, 3.8) is 0 Å². The minimum Gasteiger partial charge on any atom is -0.497 e. The number of benzene rings is 2. The van der Waals surface area contributed by atoms with E-state index in [1.54, 1.807) is 50.7 Å². The van der Waals surface area contributed by atoms with Crippen LogP contribution < -0.4 is 14.8 Å². The molecule has 0 atom stereocenters. The van der Waals surface area contributed by atoms with Gasteiger partial charge in [0.2, 0.25) is 5.91 Å². The smallest absolute Gasteiger partial charge is 0.224 e. The second-order valence-corrected chi connectivity index (χ2v) is 6.37. The fourth-order valence-electron chi connectivity index (χ4n) is 2.81. The fourth-order valence-corrected chi connectivity index (χ4v) is 2.81. The van der Waals surface area contributed by atoms with Gasteiger partial charge in [-0.2, -0.15) is 0 Å². The molecule has 29 heavy (non-hydrogen) atoms. The molecule has 0 spiro atoms. The van der Waals surface area contributed by atoms with Crippen molar-refractivity contribution in [2.45, 2.75) is 19.8 Å². The zero-order chi connectivity index (χ0) is 20.8. The first-order valence-corrected chi connectivity index (χ1v) is 9.08. The van der Waals surface area contributed by atoms with Gasteiger partial charge in [0.25, 0.3) is 0 Å². The number of amides is 1. The summed E-state index contributed by atoms with van der Waals surface area (Å²) in [4.78, 5) is 27.9. The van der Waals surface area contributed by atoms with Gasteiger partial charge in [0.05, 0.1) is 26.0 Å². The molecule has 0 bridgehead atoms. The number of nitrogens with zero attached hydrogens (tertiary/aromatic N) is 1. The van der Waals surface area contributed by atoms with E-state index >= 15 is 0 Å². The van der Waals surface area contributed by atoms with E-state index in [1.807, 2.05) is 12.1 Å². The number of nitrogens with one attached hydrogen (secondary N) is 1. The first kappa shape index (κ1) is 20.1. The highest BCUT2D eigenvalue weighted by molar-refractivity contribution is 5.97. The lowest BCUT2D eigenvalue weighted by atomic mass is 10.1. The van der Waals surface area contributed by atoms with Crippen LogP contribution in [0.2, 0.25) is 0 Å². The molecular formula is C22H22N2O5. The topological polar surface area (TPSA) is 90.7 Å². The van der Waals surface area contributed by atoms with Gasteiger partial charge < -0.3 is 19.2 Å². The first-order valence-electron chi connectivity index (χ1n) is 9.08. The highest BCUT2D eigenvalue weighted by Gasteiger charge is 2.14. The van der Waals surface area contributed by atoms with Gasteiger partial charge in [0.1, 0.15) is 11.5 Å². The molecule has 3 rings (SSSR count). The number of carbonyl (C=O) groups excluding carboxylic acids is 2. The van der Waals surface area contributed by atoms with Crippen LogP contribution in [0.4, 0.5) is 5.69 Å². The van der Waals surface area contributed by atoms with Gasteiger partial charge in [-0.3, -0.25) is 9.59 Å². The Hall–Kier alpha value is -3.61. The van der Waals surface area contributed by atoms with E-state index in [4.69, 9.17) is 13.9 Å². The molecule has 2 aromatic carbocycles. The molecule has 7 heteroatoms. The van der Waals surface area contributed by atoms with Crippen molar-refractivity contribution in [3.05, 3.63) is 60.1 Å². The standard InChI is InChI=1S/C22H22N2O5/c1-14(25)15-5-4-6-16(11-15)24-21(26)9-10-22-23-13-20(29-22)18-8-7-17(27-2)12-19(18)28-3/h4-8,11-13H,9-10H2,1-3H3,(H,24,26). The highest BCUT2D eigenvalue weighted by Crippen LogP contribution is 2.33. The molecule has 7 nitrogen and oxygen atoms in total. The molecule has 1 amide bonds. The molecule has 0 aliphatic rings. The maximum Gasteiger partial charge on any atom is 0.224 e. The monoisotopic (exact) mass is 394 g/mol. The maximum absolute atomic E-state index is 12.2. The zero-order valence-electron chi connectivity index (χ0n) is 16.5. The van der Waals surface area contributed by atoms with Gasteiger partial charge in [-0.15, -0.1) is 0 Å². The van der Waals surface area contributed by atoms with Gasteiger partial charge >= 0.3 is 0 Å². The molecule has 3 aromatic rings. The summed E-state index contributed by atoms with van der Waals surface area (Å²) < 4.78 is 16.4. The van der Waals surface area contributed by atoms with Crippen molar-refractivity contribution in [2.24, 2.45) is 0 Å². The van der Waals surface area contributed by atoms with E-state index in [9.17, 15) is 9.59 Å². The van der Waals surface area contributed by atoms with E-state index in [0.717, 1.165) is 5.56 Å². The van der Waals surface area contributed by atoms with Crippen molar-refractivity contribution in [1.29, 1.82) is 0 Å². The summed E-state index contributed by atoms with van der Waals surface area (Å²) in [6.07, 6.45) is 2.15. The number of oxazole rings is 1. The number of hydrogen-bond donors (Lipinski definition) is 1. The number of ketones is 1. The first-order chi connectivity index (χ1) is 14.0. The molecular weight excluding hydrogens is 372 g/mol. The SMILES string of the molecule is COc1ccc(-c2cnc(CCC(=O)Nc3cccc(C(C)=O)c3)o2)c(OC)c1. The van der Waals surface area contributed by atoms with Crippen LogP contribution >= 0.6 is 0 Å². The van der Waals surface area contributed by atoms with E-state index in [0.29, 0.717) is 40.8 Å². The predicted molar refractivity (Wildman–Crippen MR) is 108 cm³/mol. The van der Waals surface area contributed by atoms with Crippen LogP contribution in [0.5, 0.6) is 11.5 Å². The number of Topliss-reactive ketones (excluding diaryl/α,β-unsaturated/α-hetero) is 1. The molecule has 0 fully saturated rings. The van der Waals surface area contributed by atoms with Gasteiger partial charge in [-0.1, -0.05) is 12.1 Å². The van der Waals surface area contributed by atoms with Crippen molar-refractivity contribution in [3.8, 4) is 22.8 Å². The number of carbonyl (C=O) groups is 2. The number of hydrogen-bond acceptors (Lipinski definition) is 6. The summed E-state index contributed by atoms with van der Waals surface area (Å²) in [5.41, 5.74) is 1.88. The molecule has 0 saturated heterocycles. The lowest BCUT2D eigenvalue weighted by molar-refractivity contribution is -0.116. The minimum atomic E-state index is -0.188. The molecule has 150 valence electrons. The predicted octanol–water partition coefficient (Wildman–Crippen LogP) is 4.13. The molecule has 1 heterocycles. The number of methoxy groups -OCH3 is 2. The third-order valence-electron chi connectivity index (χ3n) is 4.35. The van der Waals surface area contributed by atoms with E-state index in [-0.39, 0.29) is 18.1 Å². The largest absolute Gasteiger partial charge is 0.497 e. The molecule has 1 aromatic heterocycles. The van der Waals surface area contributed by atoms with Crippen molar-refractivity contribution in [2.75, 3.05) is 19.5 Å². The third kappa shape index (κ3) is 5.01. The number of aromatic nitrogens is 1. The Morgan fingerprint density at radius 1 is 1.10 bits per heavy atom. The molecule has 0 aliphatic heterocycles. The highest BCUT2D eigenvalue weighted by atomic mass is 16.5. The van der Waals surface area contributed by atoms with E-state index < -0.39 is 0 Å². The van der Waals surface area contributed by atoms with Crippen LogP contribution in [0, 0.1) is 0 Å². The van der Waals surface area contributed by atoms with Crippen LogP contribution in [0.1, 0.15) is 29.6 Å². The van der Waals surface area contributed by atoms with Crippen LogP contribution in [-0.2, 0) is 11.2 Å². The van der Waals surface area contributed by atoms with Crippen LogP contribution in [0.3, 0.4) is 0 Å². The Balaban J connectivity index is 1.63. The Morgan fingerprint density at radius 2 is 1.93 bits per heavy atom. The lowest BCUT2D eigenvalue weighted by Crippen LogP contribution is -2.12. The van der Waals surface area contributed by atoms with Crippen LogP contribution in [0.15, 0.2) is 53.1 Å². The van der Waals surface area contributed by atoms with E-state index in [2.05, 4.69) is 10.3 Å². The summed E-state index contributed by atoms with van der Waals surface area (Å²) in [5, 5.41) is 2.78. The maximum atomic E-state index is 12.2. The fraction of sp³-hybridized carbons (Fsp3) is 0.227. The number of anilines is 1. The summed E-state index contributed by atoms with van der Waals surface area (Å²) in [5.74, 6) is 2.04. The Morgan fingerprint density at radius 3 is 2.66 bits per heavy atom. The Labute approximate surface area is 168 Å². The average molecular weight is 394 g/mol. The summed E-state index contributed by atoms with van der Waals surface area (Å²) >= 11 is 0. The van der Waals surface area contributed by atoms with E-state index in [1.165, 1.54) is 6.92 Å².